The summed E-state index contributed by atoms with van der Waals surface area (Å²) in [5, 5.41) is 10.2. The number of likely N-dealkylation sites (tertiary alicyclic amines) is 1. The molecule has 0 spiro atoms. The molecule has 2 rings (SSSR count). The minimum atomic E-state index is -0.315. The Morgan fingerprint density at radius 2 is 1.75 bits per heavy atom. The Kier molecular flexibility index (Phi) is 3.62. The first-order valence-electron chi connectivity index (χ1n) is 6.26. The van der Waals surface area contributed by atoms with Gasteiger partial charge in [-0.05, 0) is 24.8 Å². The molecule has 0 bridgehead atoms. The zero-order chi connectivity index (χ0) is 11.4. The summed E-state index contributed by atoms with van der Waals surface area (Å²) in [4.78, 5) is 0. The lowest BCUT2D eigenvalue weighted by molar-refractivity contribution is -0.917. The van der Waals surface area contributed by atoms with Crippen LogP contribution in [-0.2, 0) is 0 Å². The van der Waals surface area contributed by atoms with E-state index in [1.54, 1.807) is 0 Å². The molecule has 1 atom stereocenters. The van der Waals surface area contributed by atoms with Crippen molar-refractivity contribution in [2.75, 3.05) is 26.7 Å². The molecule has 0 aliphatic carbocycles. The first-order chi connectivity index (χ1) is 7.70. The van der Waals surface area contributed by atoms with E-state index in [2.05, 4.69) is 7.05 Å². The molecule has 1 unspecified atom stereocenters. The fraction of sp³-hybridized carbons (Fsp3) is 0.571. The Morgan fingerprint density at radius 1 is 1.12 bits per heavy atom. The zero-order valence-corrected chi connectivity index (χ0v) is 10.1. The molecule has 88 valence electrons. The number of rotatable bonds is 3. The predicted octanol–water partition coefficient (Wildman–Crippen LogP) is 2.35. The topological polar surface area (TPSA) is 20.2 Å². The molecule has 1 aromatic rings. The van der Waals surface area contributed by atoms with E-state index in [1.807, 2.05) is 30.3 Å². The Balaban J connectivity index is 1.98. The smallest absolute Gasteiger partial charge is 0.128 e. The molecule has 1 aromatic carbocycles. The van der Waals surface area contributed by atoms with Gasteiger partial charge in [0.15, 0.2) is 0 Å². The summed E-state index contributed by atoms with van der Waals surface area (Å²) in [7, 11) is 2.27. The third-order valence-electron chi connectivity index (χ3n) is 3.69. The van der Waals surface area contributed by atoms with Crippen LogP contribution in [0.25, 0.3) is 0 Å². The van der Waals surface area contributed by atoms with E-state index in [0.29, 0.717) is 0 Å². The molecule has 0 amide bonds. The fourth-order valence-electron chi connectivity index (χ4n) is 2.66. The van der Waals surface area contributed by atoms with Gasteiger partial charge in [-0.15, -0.1) is 0 Å². The van der Waals surface area contributed by atoms with Crippen LogP contribution < -0.4 is 0 Å². The predicted molar refractivity (Wildman–Crippen MR) is 66.0 cm³/mol. The largest absolute Gasteiger partial charge is 0.382 e. The minimum Gasteiger partial charge on any atom is -0.382 e. The van der Waals surface area contributed by atoms with E-state index < -0.39 is 0 Å². The van der Waals surface area contributed by atoms with Crippen LogP contribution in [-0.4, -0.2) is 36.3 Å². The second-order valence-corrected chi connectivity index (χ2v) is 5.24. The molecule has 1 aliphatic heterocycles. The van der Waals surface area contributed by atoms with Crippen molar-refractivity contribution < 1.29 is 9.59 Å². The van der Waals surface area contributed by atoms with Crippen molar-refractivity contribution in [3.05, 3.63) is 35.9 Å². The van der Waals surface area contributed by atoms with Gasteiger partial charge in [0.05, 0.1) is 20.1 Å². The standard InChI is InChI=1S/C14H22NO/c1-15(10-6-3-7-11-15)12-14(16)13-8-4-2-5-9-13/h2,4-5,8-9,14,16H,3,6-7,10-12H2,1H3/q+1. The van der Waals surface area contributed by atoms with E-state index in [-0.39, 0.29) is 6.10 Å². The number of aliphatic hydroxyl groups is 1. The van der Waals surface area contributed by atoms with Crippen molar-refractivity contribution in [3.63, 3.8) is 0 Å². The summed E-state index contributed by atoms with van der Waals surface area (Å²) >= 11 is 0. The third-order valence-corrected chi connectivity index (χ3v) is 3.69. The molecule has 1 heterocycles. The van der Waals surface area contributed by atoms with Gasteiger partial charge < -0.3 is 9.59 Å². The molecule has 0 saturated carbocycles. The Bertz CT molecular complexity index is 317. The van der Waals surface area contributed by atoms with Crippen molar-refractivity contribution >= 4 is 0 Å². The summed E-state index contributed by atoms with van der Waals surface area (Å²) < 4.78 is 1.02. The summed E-state index contributed by atoms with van der Waals surface area (Å²) in [5.74, 6) is 0. The SMILES string of the molecule is C[N+]1(CC(O)c2ccccc2)CCCCC1. The van der Waals surface area contributed by atoms with E-state index in [4.69, 9.17) is 0 Å². The van der Waals surface area contributed by atoms with Gasteiger partial charge in [0.25, 0.3) is 0 Å². The van der Waals surface area contributed by atoms with Gasteiger partial charge >= 0.3 is 0 Å². The van der Waals surface area contributed by atoms with Crippen molar-refractivity contribution in [3.8, 4) is 0 Å². The van der Waals surface area contributed by atoms with Crippen molar-refractivity contribution in [1.29, 1.82) is 0 Å². The van der Waals surface area contributed by atoms with Gasteiger partial charge in [0, 0.05) is 0 Å². The Hall–Kier alpha value is -0.860. The highest BCUT2D eigenvalue weighted by molar-refractivity contribution is 5.17. The van der Waals surface area contributed by atoms with Crippen LogP contribution in [0.5, 0.6) is 0 Å². The molecule has 2 heteroatoms. The van der Waals surface area contributed by atoms with Crippen LogP contribution in [0.1, 0.15) is 30.9 Å². The number of benzene rings is 1. The highest BCUT2D eigenvalue weighted by Crippen LogP contribution is 2.22. The van der Waals surface area contributed by atoms with Crippen molar-refractivity contribution in [2.24, 2.45) is 0 Å². The summed E-state index contributed by atoms with van der Waals surface area (Å²) in [6, 6.07) is 10.0. The van der Waals surface area contributed by atoms with Gasteiger partial charge in [0.1, 0.15) is 12.6 Å². The van der Waals surface area contributed by atoms with Crippen molar-refractivity contribution in [2.45, 2.75) is 25.4 Å². The zero-order valence-electron chi connectivity index (χ0n) is 10.1. The number of hydrogen-bond donors (Lipinski definition) is 1. The fourth-order valence-corrected chi connectivity index (χ4v) is 2.66. The van der Waals surface area contributed by atoms with Crippen LogP contribution in [0.4, 0.5) is 0 Å². The van der Waals surface area contributed by atoms with Crippen molar-refractivity contribution in [1.82, 2.24) is 0 Å². The minimum absolute atomic E-state index is 0.315. The maximum Gasteiger partial charge on any atom is 0.128 e. The molecule has 1 saturated heterocycles. The third kappa shape index (κ3) is 2.83. The quantitative estimate of drug-likeness (QED) is 0.775. The molecule has 1 N–H and O–H groups in total. The van der Waals surface area contributed by atoms with Gasteiger partial charge in [-0.2, -0.15) is 0 Å². The first kappa shape index (κ1) is 11.6. The Morgan fingerprint density at radius 3 is 2.38 bits per heavy atom. The van der Waals surface area contributed by atoms with Crippen LogP contribution in [0, 0.1) is 0 Å². The lowest BCUT2D eigenvalue weighted by atomic mass is 10.0. The van der Waals surface area contributed by atoms with E-state index in [0.717, 1.165) is 16.6 Å². The van der Waals surface area contributed by atoms with E-state index in [1.165, 1.54) is 32.4 Å². The normalized spacial score (nSPS) is 21.6. The second kappa shape index (κ2) is 4.98. The monoisotopic (exact) mass is 220 g/mol. The molecular formula is C14H22NO+. The highest BCUT2D eigenvalue weighted by atomic mass is 16.3. The number of hydrogen-bond acceptors (Lipinski definition) is 1. The van der Waals surface area contributed by atoms with Gasteiger partial charge in [0.2, 0.25) is 0 Å². The maximum atomic E-state index is 10.2. The lowest BCUT2D eigenvalue weighted by Gasteiger charge is -2.39. The van der Waals surface area contributed by atoms with Gasteiger partial charge in [-0.1, -0.05) is 30.3 Å². The summed E-state index contributed by atoms with van der Waals surface area (Å²) in [6.45, 7) is 3.28. The van der Waals surface area contributed by atoms with Crippen LogP contribution >= 0.6 is 0 Å². The maximum absolute atomic E-state index is 10.2. The lowest BCUT2D eigenvalue weighted by Crippen LogP contribution is -2.50. The molecule has 1 fully saturated rings. The molecule has 1 aliphatic rings. The molecule has 16 heavy (non-hydrogen) atoms. The first-order valence-corrected chi connectivity index (χ1v) is 6.26. The Labute approximate surface area is 98.1 Å². The molecular weight excluding hydrogens is 198 g/mol. The molecule has 0 aromatic heterocycles. The number of nitrogens with zero attached hydrogens (tertiary/aromatic N) is 1. The average Bonchev–Trinajstić information content (AvgIpc) is 2.30. The molecule has 2 nitrogen and oxygen atoms in total. The van der Waals surface area contributed by atoms with Crippen LogP contribution in [0.15, 0.2) is 30.3 Å². The van der Waals surface area contributed by atoms with E-state index in [9.17, 15) is 5.11 Å². The summed E-state index contributed by atoms with van der Waals surface area (Å²) in [5.41, 5.74) is 1.05. The van der Waals surface area contributed by atoms with Gasteiger partial charge in [-0.3, -0.25) is 0 Å². The summed E-state index contributed by atoms with van der Waals surface area (Å²) in [6.07, 6.45) is 3.65. The van der Waals surface area contributed by atoms with E-state index >= 15 is 0 Å². The van der Waals surface area contributed by atoms with Gasteiger partial charge in [-0.25, -0.2) is 0 Å². The second-order valence-electron chi connectivity index (χ2n) is 5.24. The number of aliphatic hydroxyl groups excluding tert-OH is 1. The van der Waals surface area contributed by atoms with Crippen LogP contribution in [0.2, 0.25) is 0 Å². The average molecular weight is 220 g/mol. The number of quaternary nitrogens is 1. The molecule has 0 radical (unpaired) electrons. The number of piperidine rings is 1. The van der Waals surface area contributed by atoms with Crippen LogP contribution in [0.3, 0.4) is 0 Å². The number of likely N-dealkylation sites (N-methyl/N-ethyl adjacent to an activating group) is 1. The highest BCUT2D eigenvalue weighted by Gasteiger charge is 2.28.